The van der Waals surface area contributed by atoms with Crippen LogP contribution in [0.2, 0.25) is 0 Å². The Labute approximate surface area is 110 Å². The van der Waals surface area contributed by atoms with Crippen LogP contribution in [0, 0.1) is 12.8 Å². The number of carboxylic acids is 1. The molecule has 1 atom stereocenters. The molecule has 0 fully saturated rings. The SMILES string of the molecule is Cc1cccc2c(=O)[nH]c(CC(C)CC(=O)O)nc12. The Morgan fingerprint density at radius 2 is 2.21 bits per heavy atom. The minimum absolute atomic E-state index is 0.0650. The third-order valence-electron chi connectivity index (χ3n) is 3.05. The van der Waals surface area contributed by atoms with Crippen LogP contribution in [-0.2, 0) is 11.2 Å². The van der Waals surface area contributed by atoms with E-state index in [0.29, 0.717) is 23.1 Å². The lowest BCUT2D eigenvalue weighted by atomic mass is 10.0. The van der Waals surface area contributed by atoms with Crippen molar-refractivity contribution in [3.05, 3.63) is 39.9 Å². The van der Waals surface area contributed by atoms with Crippen LogP contribution in [0.5, 0.6) is 0 Å². The standard InChI is InChI=1S/C14H16N2O3/c1-8(7-12(17)18)6-11-15-13-9(2)4-3-5-10(13)14(19)16-11/h3-5,8H,6-7H2,1-2H3,(H,17,18)(H,15,16,19). The Bertz CT molecular complexity index is 676. The predicted molar refractivity (Wildman–Crippen MR) is 72.2 cm³/mol. The molecule has 0 saturated heterocycles. The number of fused-ring (bicyclic) bond motifs is 1. The third-order valence-corrected chi connectivity index (χ3v) is 3.05. The Morgan fingerprint density at radius 1 is 1.47 bits per heavy atom. The highest BCUT2D eigenvalue weighted by Gasteiger charge is 2.12. The zero-order valence-electron chi connectivity index (χ0n) is 10.9. The smallest absolute Gasteiger partial charge is 0.303 e. The number of carbonyl (C=O) groups is 1. The summed E-state index contributed by atoms with van der Waals surface area (Å²) in [6, 6.07) is 5.46. The average molecular weight is 260 g/mol. The lowest BCUT2D eigenvalue weighted by Gasteiger charge is -2.09. The predicted octanol–water partition coefficient (Wildman–Crippen LogP) is 1.88. The van der Waals surface area contributed by atoms with Crippen LogP contribution in [0.15, 0.2) is 23.0 Å². The van der Waals surface area contributed by atoms with Crippen LogP contribution in [0.3, 0.4) is 0 Å². The van der Waals surface area contributed by atoms with Crippen LogP contribution >= 0.6 is 0 Å². The molecule has 0 saturated carbocycles. The minimum atomic E-state index is -0.841. The number of aliphatic carboxylic acids is 1. The first-order chi connectivity index (χ1) is 8.97. The molecule has 1 heterocycles. The molecule has 0 aliphatic heterocycles. The van der Waals surface area contributed by atoms with Crippen LogP contribution in [0.1, 0.15) is 24.7 Å². The van der Waals surface area contributed by atoms with Gasteiger partial charge in [-0.15, -0.1) is 0 Å². The van der Waals surface area contributed by atoms with Crippen molar-refractivity contribution in [3.8, 4) is 0 Å². The summed E-state index contributed by atoms with van der Waals surface area (Å²) in [6.07, 6.45) is 0.515. The number of aromatic amines is 1. The number of hydrogen-bond acceptors (Lipinski definition) is 3. The molecule has 0 spiro atoms. The molecule has 1 aromatic heterocycles. The Balaban J connectivity index is 2.38. The normalized spacial score (nSPS) is 12.5. The van der Waals surface area contributed by atoms with E-state index in [1.165, 1.54) is 0 Å². The lowest BCUT2D eigenvalue weighted by molar-refractivity contribution is -0.137. The van der Waals surface area contributed by atoms with Gasteiger partial charge in [-0.25, -0.2) is 4.98 Å². The number of nitrogens with one attached hydrogen (secondary N) is 1. The Morgan fingerprint density at radius 3 is 2.89 bits per heavy atom. The second-order valence-corrected chi connectivity index (χ2v) is 4.89. The van der Waals surface area contributed by atoms with Crippen molar-refractivity contribution < 1.29 is 9.90 Å². The summed E-state index contributed by atoms with van der Waals surface area (Å²) < 4.78 is 0. The number of H-pyrrole nitrogens is 1. The maximum atomic E-state index is 11.9. The first-order valence-electron chi connectivity index (χ1n) is 6.17. The summed E-state index contributed by atoms with van der Waals surface area (Å²) in [5, 5.41) is 9.30. The van der Waals surface area contributed by atoms with E-state index in [9.17, 15) is 9.59 Å². The zero-order valence-corrected chi connectivity index (χ0v) is 10.9. The van der Waals surface area contributed by atoms with E-state index in [4.69, 9.17) is 5.11 Å². The van der Waals surface area contributed by atoms with Crippen molar-refractivity contribution in [2.75, 3.05) is 0 Å². The second kappa shape index (κ2) is 5.22. The number of rotatable bonds is 4. The number of nitrogens with zero attached hydrogens (tertiary/aromatic N) is 1. The number of carboxylic acid groups (broad SMARTS) is 1. The summed E-state index contributed by atoms with van der Waals surface area (Å²) in [4.78, 5) is 29.7. The number of hydrogen-bond donors (Lipinski definition) is 2. The van der Waals surface area contributed by atoms with E-state index in [0.717, 1.165) is 5.56 Å². The maximum absolute atomic E-state index is 11.9. The van der Waals surface area contributed by atoms with E-state index < -0.39 is 5.97 Å². The molecule has 0 radical (unpaired) electrons. The highest BCUT2D eigenvalue weighted by molar-refractivity contribution is 5.80. The van der Waals surface area contributed by atoms with Gasteiger partial charge in [0.2, 0.25) is 0 Å². The summed E-state index contributed by atoms with van der Waals surface area (Å²) in [5.41, 5.74) is 1.45. The summed E-state index contributed by atoms with van der Waals surface area (Å²) >= 11 is 0. The lowest BCUT2D eigenvalue weighted by Crippen LogP contribution is -2.16. The monoisotopic (exact) mass is 260 g/mol. The van der Waals surface area contributed by atoms with Gasteiger partial charge >= 0.3 is 5.97 Å². The molecule has 1 unspecified atom stereocenters. The fourth-order valence-electron chi connectivity index (χ4n) is 2.15. The van der Waals surface area contributed by atoms with E-state index in [2.05, 4.69) is 9.97 Å². The van der Waals surface area contributed by atoms with Gasteiger partial charge in [-0.2, -0.15) is 0 Å². The van der Waals surface area contributed by atoms with Crippen LogP contribution < -0.4 is 5.56 Å². The van der Waals surface area contributed by atoms with Crippen molar-refractivity contribution in [2.45, 2.75) is 26.7 Å². The maximum Gasteiger partial charge on any atom is 0.303 e. The zero-order chi connectivity index (χ0) is 14.0. The van der Waals surface area contributed by atoms with Gasteiger partial charge in [0, 0.05) is 12.8 Å². The molecule has 0 aliphatic carbocycles. The molecule has 5 nitrogen and oxygen atoms in total. The van der Waals surface area contributed by atoms with Crippen molar-refractivity contribution >= 4 is 16.9 Å². The van der Waals surface area contributed by atoms with Gasteiger partial charge in [-0.3, -0.25) is 9.59 Å². The van der Waals surface area contributed by atoms with Crippen molar-refractivity contribution in [3.63, 3.8) is 0 Å². The Hall–Kier alpha value is -2.17. The van der Waals surface area contributed by atoms with Gasteiger partial charge < -0.3 is 10.1 Å². The van der Waals surface area contributed by atoms with Gasteiger partial charge in [0.1, 0.15) is 5.82 Å². The molecular formula is C14H16N2O3. The summed E-state index contributed by atoms with van der Waals surface area (Å²) in [7, 11) is 0. The molecule has 0 bridgehead atoms. The topological polar surface area (TPSA) is 83.0 Å². The summed E-state index contributed by atoms with van der Waals surface area (Å²) in [5.74, 6) is -0.366. The molecule has 100 valence electrons. The van der Waals surface area contributed by atoms with Crippen LogP contribution in [-0.4, -0.2) is 21.0 Å². The number of para-hydroxylation sites is 1. The quantitative estimate of drug-likeness (QED) is 0.879. The van der Waals surface area contributed by atoms with Crippen molar-refractivity contribution in [1.82, 2.24) is 9.97 Å². The molecule has 2 aromatic rings. The Kier molecular flexibility index (Phi) is 3.64. The van der Waals surface area contributed by atoms with Crippen molar-refractivity contribution in [1.29, 1.82) is 0 Å². The fourth-order valence-corrected chi connectivity index (χ4v) is 2.15. The number of benzene rings is 1. The molecule has 0 amide bonds. The molecule has 2 rings (SSSR count). The average Bonchev–Trinajstić information content (AvgIpc) is 2.29. The number of aryl methyl sites for hydroxylation is 1. The van der Waals surface area contributed by atoms with E-state index >= 15 is 0 Å². The first-order valence-corrected chi connectivity index (χ1v) is 6.17. The third kappa shape index (κ3) is 2.99. The van der Waals surface area contributed by atoms with Gasteiger partial charge in [0.25, 0.3) is 5.56 Å². The first kappa shape index (κ1) is 13.3. The molecule has 1 aromatic carbocycles. The molecule has 2 N–H and O–H groups in total. The van der Waals surface area contributed by atoms with E-state index in [1.54, 1.807) is 6.07 Å². The second-order valence-electron chi connectivity index (χ2n) is 4.89. The van der Waals surface area contributed by atoms with E-state index in [1.807, 2.05) is 26.0 Å². The van der Waals surface area contributed by atoms with E-state index in [-0.39, 0.29) is 17.9 Å². The van der Waals surface area contributed by atoms with Gasteiger partial charge in [-0.05, 0) is 24.5 Å². The molecular weight excluding hydrogens is 244 g/mol. The highest BCUT2D eigenvalue weighted by atomic mass is 16.4. The summed E-state index contributed by atoms with van der Waals surface area (Å²) in [6.45, 7) is 3.73. The van der Waals surface area contributed by atoms with Gasteiger partial charge in [0.05, 0.1) is 10.9 Å². The van der Waals surface area contributed by atoms with Crippen LogP contribution in [0.25, 0.3) is 10.9 Å². The van der Waals surface area contributed by atoms with Crippen LogP contribution in [0.4, 0.5) is 0 Å². The molecule has 5 heteroatoms. The fraction of sp³-hybridized carbons (Fsp3) is 0.357. The molecule has 19 heavy (non-hydrogen) atoms. The van der Waals surface area contributed by atoms with Gasteiger partial charge in [0.15, 0.2) is 0 Å². The molecule has 0 aliphatic rings. The van der Waals surface area contributed by atoms with Gasteiger partial charge in [-0.1, -0.05) is 19.1 Å². The van der Waals surface area contributed by atoms with Crippen molar-refractivity contribution in [2.24, 2.45) is 5.92 Å². The minimum Gasteiger partial charge on any atom is -0.481 e. The highest BCUT2D eigenvalue weighted by Crippen LogP contribution is 2.14. The number of aromatic nitrogens is 2. The largest absolute Gasteiger partial charge is 0.481 e.